The molecule has 1 aliphatic carbocycles. The first-order valence-electron chi connectivity index (χ1n) is 11.3. The van der Waals surface area contributed by atoms with Gasteiger partial charge in [-0.15, -0.1) is 0 Å². The van der Waals surface area contributed by atoms with Crippen LogP contribution in [0.4, 0.5) is 13.2 Å². The quantitative estimate of drug-likeness (QED) is 0.712. The Kier molecular flexibility index (Phi) is 5.22. The molecule has 10 heteroatoms. The molecule has 7 nitrogen and oxygen atoms in total. The van der Waals surface area contributed by atoms with Gasteiger partial charge in [0.25, 0.3) is 11.8 Å². The summed E-state index contributed by atoms with van der Waals surface area (Å²) in [4.78, 5) is 40.7. The number of aromatic nitrogens is 1. The molecule has 0 bridgehead atoms. The standard InChI is InChI=1S/C24H24F3N3O4/c1-3-18-13-6-12(13)10(2)19-9-29-8-15(21(31)22(32)20(29)24(34)30(18)19)23(33)28-7-14-16(26)4-11(25)5-17(14)27/h4-5,8,10,12-13,18-19,32H,3,6-7,9H2,1-2H3,(H,28,33). The van der Waals surface area contributed by atoms with Crippen molar-refractivity contribution >= 4 is 11.8 Å². The third-order valence-electron chi connectivity index (χ3n) is 7.65. The maximum atomic E-state index is 13.9. The van der Waals surface area contributed by atoms with Crippen molar-refractivity contribution in [2.75, 3.05) is 0 Å². The number of nitrogens with zero attached hydrogens (tertiary/aromatic N) is 2. The topological polar surface area (TPSA) is 91.6 Å². The molecule has 5 unspecified atom stereocenters. The predicted molar refractivity (Wildman–Crippen MR) is 115 cm³/mol. The average molecular weight is 475 g/mol. The van der Waals surface area contributed by atoms with Crippen molar-refractivity contribution in [1.82, 2.24) is 14.8 Å². The van der Waals surface area contributed by atoms with Gasteiger partial charge in [-0.2, -0.15) is 0 Å². The summed E-state index contributed by atoms with van der Waals surface area (Å²) in [6.07, 6.45) is 3.04. The molecule has 3 aliphatic rings. The van der Waals surface area contributed by atoms with Gasteiger partial charge in [0, 0.05) is 43.0 Å². The molecule has 180 valence electrons. The largest absolute Gasteiger partial charge is 0.503 e. The number of carbonyl (C=O) groups excluding carboxylic acids is 2. The lowest BCUT2D eigenvalue weighted by molar-refractivity contribution is 0.0108. The molecule has 34 heavy (non-hydrogen) atoms. The smallest absolute Gasteiger partial charge is 0.275 e. The monoisotopic (exact) mass is 475 g/mol. The van der Waals surface area contributed by atoms with E-state index >= 15 is 0 Å². The van der Waals surface area contributed by atoms with Crippen LogP contribution in [-0.4, -0.2) is 38.5 Å². The molecule has 1 saturated carbocycles. The summed E-state index contributed by atoms with van der Waals surface area (Å²) in [6.45, 7) is 3.79. The molecule has 0 radical (unpaired) electrons. The molecule has 2 amide bonds. The number of hydrogen-bond donors (Lipinski definition) is 2. The van der Waals surface area contributed by atoms with E-state index in [-0.39, 0.29) is 23.7 Å². The summed E-state index contributed by atoms with van der Waals surface area (Å²) in [5.74, 6) is -4.50. The maximum Gasteiger partial charge on any atom is 0.275 e. The van der Waals surface area contributed by atoms with E-state index in [1.807, 2.05) is 6.92 Å². The zero-order chi connectivity index (χ0) is 24.5. The Hall–Kier alpha value is -3.30. The Morgan fingerprint density at radius 2 is 1.85 bits per heavy atom. The molecule has 2 N–H and O–H groups in total. The van der Waals surface area contributed by atoms with Gasteiger partial charge < -0.3 is 19.9 Å². The van der Waals surface area contributed by atoms with Crippen molar-refractivity contribution in [2.45, 2.75) is 51.9 Å². The normalized spacial score (nSPS) is 27.0. The summed E-state index contributed by atoms with van der Waals surface area (Å²) >= 11 is 0. The lowest BCUT2D eigenvalue weighted by Gasteiger charge is -2.48. The van der Waals surface area contributed by atoms with Gasteiger partial charge in [-0.3, -0.25) is 14.4 Å². The van der Waals surface area contributed by atoms with Crippen LogP contribution in [0.2, 0.25) is 0 Å². The number of piperidine rings is 1. The van der Waals surface area contributed by atoms with E-state index in [9.17, 15) is 32.7 Å². The fourth-order valence-electron chi connectivity index (χ4n) is 5.84. The summed E-state index contributed by atoms with van der Waals surface area (Å²) in [5, 5.41) is 12.9. The van der Waals surface area contributed by atoms with Gasteiger partial charge in [-0.25, -0.2) is 13.2 Å². The number of carbonyl (C=O) groups is 2. The summed E-state index contributed by atoms with van der Waals surface area (Å²) < 4.78 is 42.3. The predicted octanol–water partition coefficient (Wildman–Crippen LogP) is 2.79. The second-order valence-corrected chi connectivity index (χ2v) is 9.43. The average Bonchev–Trinajstić information content (AvgIpc) is 3.57. The molecular weight excluding hydrogens is 451 g/mol. The minimum atomic E-state index is -1.18. The highest BCUT2D eigenvalue weighted by Crippen LogP contribution is 2.56. The number of aromatic hydroxyl groups is 1. The van der Waals surface area contributed by atoms with Gasteiger partial charge in [0.15, 0.2) is 11.4 Å². The lowest BCUT2D eigenvalue weighted by Crippen LogP contribution is -2.59. The molecule has 0 spiro atoms. The Morgan fingerprint density at radius 1 is 1.18 bits per heavy atom. The van der Waals surface area contributed by atoms with E-state index in [1.54, 1.807) is 4.90 Å². The van der Waals surface area contributed by atoms with Crippen LogP contribution in [0.25, 0.3) is 0 Å². The molecule has 1 aromatic heterocycles. The fourth-order valence-corrected chi connectivity index (χ4v) is 5.84. The van der Waals surface area contributed by atoms with Gasteiger partial charge in [0.1, 0.15) is 23.0 Å². The minimum Gasteiger partial charge on any atom is -0.503 e. The van der Waals surface area contributed by atoms with Crippen LogP contribution in [0.5, 0.6) is 5.75 Å². The second-order valence-electron chi connectivity index (χ2n) is 9.43. The van der Waals surface area contributed by atoms with Gasteiger partial charge in [-0.05, 0) is 30.6 Å². The van der Waals surface area contributed by atoms with Crippen LogP contribution < -0.4 is 10.7 Å². The number of rotatable bonds is 4. The highest BCUT2D eigenvalue weighted by Gasteiger charge is 2.58. The van der Waals surface area contributed by atoms with Crippen molar-refractivity contribution in [2.24, 2.45) is 17.8 Å². The van der Waals surface area contributed by atoms with E-state index in [0.29, 0.717) is 30.5 Å². The summed E-state index contributed by atoms with van der Waals surface area (Å²) in [5.41, 5.74) is -2.22. The van der Waals surface area contributed by atoms with E-state index in [1.165, 1.54) is 10.8 Å². The number of pyridine rings is 1. The summed E-state index contributed by atoms with van der Waals surface area (Å²) in [7, 11) is 0. The second kappa shape index (κ2) is 7.89. The number of nitrogens with one attached hydrogen (secondary N) is 1. The highest BCUT2D eigenvalue weighted by molar-refractivity contribution is 5.99. The molecule has 1 aromatic carbocycles. The SMILES string of the molecule is CCC1C2CC2C(C)C2Cn3cc(C(=O)NCc4c(F)cc(F)cc4F)c(=O)c(O)c3C(=O)N21. The lowest BCUT2D eigenvalue weighted by atomic mass is 9.83. The molecule has 2 fully saturated rings. The van der Waals surface area contributed by atoms with Crippen molar-refractivity contribution in [1.29, 1.82) is 0 Å². The van der Waals surface area contributed by atoms with E-state index in [4.69, 9.17) is 0 Å². The van der Waals surface area contributed by atoms with Crippen LogP contribution in [0, 0.1) is 35.2 Å². The number of amides is 2. The Bertz CT molecular complexity index is 1250. The van der Waals surface area contributed by atoms with E-state index in [2.05, 4.69) is 12.2 Å². The van der Waals surface area contributed by atoms with Crippen LogP contribution in [0.15, 0.2) is 23.1 Å². The maximum absolute atomic E-state index is 13.9. The zero-order valence-corrected chi connectivity index (χ0v) is 18.6. The zero-order valence-electron chi connectivity index (χ0n) is 18.6. The Labute approximate surface area is 193 Å². The number of fused-ring (bicyclic) bond motifs is 3. The van der Waals surface area contributed by atoms with Gasteiger partial charge in [0.2, 0.25) is 5.43 Å². The van der Waals surface area contributed by atoms with E-state index in [0.717, 1.165) is 12.8 Å². The van der Waals surface area contributed by atoms with Crippen molar-refractivity contribution in [3.05, 3.63) is 62.8 Å². The number of benzene rings is 1. The highest BCUT2D eigenvalue weighted by atomic mass is 19.1. The fraction of sp³-hybridized carbons (Fsp3) is 0.458. The molecule has 5 rings (SSSR count). The third-order valence-corrected chi connectivity index (χ3v) is 7.65. The molecular formula is C24H24F3N3O4. The van der Waals surface area contributed by atoms with Gasteiger partial charge in [0.05, 0.1) is 6.04 Å². The number of hydrogen-bond acceptors (Lipinski definition) is 4. The van der Waals surface area contributed by atoms with E-state index < -0.39 is 58.1 Å². The van der Waals surface area contributed by atoms with Crippen LogP contribution in [0.3, 0.4) is 0 Å². The molecule has 3 heterocycles. The van der Waals surface area contributed by atoms with Crippen LogP contribution in [0.1, 0.15) is 53.1 Å². The van der Waals surface area contributed by atoms with Gasteiger partial charge >= 0.3 is 0 Å². The molecule has 5 atom stereocenters. The Balaban J connectivity index is 1.46. The molecule has 2 aromatic rings. The van der Waals surface area contributed by atoms with Gasteiger partial charge in [-0.1, -0.05) is 13.8 Å². The molecule has 1 saturated heterocycles. The van der Waals surface area contributed by atoms with Crippen molar-refractivity contribution < 1.29 is 27.9 Å². The summed E-state index contributed by atoms with van der Waals surface area (Å²) in [6, 6.07) is 0.890. The third kappa shape index (κ3) is 3.30. The number of halogens is 3. The minimum absolute atomic E-state index is 0.0467. The van der Waals surface area contributed by atoms with Crippen molar-refractivity contribution in [3.63, 3.8) is 0 Å². The molecule has 2 aliphatic heterocycles. The first kappa shape index (κ1) is 22.5. The van der Waals surface area contributed by atoms with Crippen molar-refractivity contribution in [3.8, 4) is 5.75 Å². The first-order valence-corrected chi connectivity index (χ1v) is 11.3. The Morgan fingerprint density at radius 3 is 2.50 bits per heavy atom. The van der Waals surface area contributed by atoms with Crippen LogP contribution in [-0.2, 0) is 13.1 Å². The first-order chi connectivity index (χ1) is 16.1. The van der Waals surface area contributed by atoms with Crippen LogP contribution >= 0.6 is 0 Å².